The van der Waals surface area contributed by atoms with Gasteiger partial charge in [0, 0.05) is 30.8 Å². The second-order valence-electron chi connectivity index (χ2n) is 7.73. The lowest BCUT2D eigenvalue weighted by Crippen LogP contribution is -2.37. The van der Waals surface area contributed by atoms with E-state index in [2.05, 4.69) is 40.5 Å². The van der Waals surface area contributed by atoms with Crippen LogP contribution in [0.5, 0.6) is 6.01 Å². The summed E-state index contributed by atoms with van der Waals surface area (Å²) in [4.78, 5) is 35.8. The number of anilines is 3. The summed E-state index contributed by atoms with van der Waals surface area (Å²) in [6.07, 6.45) is 5.14. The molecule has 12 nitrogen and oxygen atoms in total. The van der Waals surface area contributed by atoms with E-state index in [9.17, 15) is 4.79 Å². The number of carbonyl (C=O) groups is 1. The van der Waals surface area contributed by atoms with Crippen molar-refractivity contribution in [3.63, 3.8) is 0 Å². The standard InChI is InChI=1S/C22H24N8O4/c31-21(26-17-11-23-14-24-12-17)25-16-3-1-15(2-4-16)19-27-20(30-6-9-32-10-7-30)29-22(28-19)34-18-5-8-33-13-18/h1-4,11-12,14,18H,5-10,13H2,(H2,25,26,31). The minimum absolute atomic E-state index is 0.0760. The van der Waals surface area contributed by atoms with E-state index in [4.69, 9.17) is 14.2 Å². The SMILES string of the molecule is O=C(Nc1ccc(-c2nc(OC3CCOC3)nc(N3CCOCC3)n2)cc1)Nc1cncnc1. The Morgan fingerprint density at radius 1 is 0.941 bits per heavy atom. The molecule has 4 heterocycles. The highest BCUT2D eigenvalue weighted by Gasteiger charge is 2.22. The number of nitrogens with one attached hydrogen (secondary N) is 2. The summed E-state index contributed by atoms with van der Waals surface area (Å²) < 4.78 is 16.8. The Kier molecular flexibility index (Phi) is 6.68. The maximum atomic E-state index is 12.2. The quantitative estimate of drug-likeness (QED) is 0.557. The number of aromatic nitrogens is 5. The van der Waals surface area contributed by atoms with Gasteiger partial charge in [-0.05, 0) is 24.3 Å². The molecule has 0 bridgehead atoms. The van der Waals surface area contributed by atoms with Gasteiger partial charge in [-0.1, -0.05) is 0 Å². The van der Waals surface area contributed by atoms with E-state index in [0.717, 1.165) is 12.0 Å². The zero-order chi connectivity index (χ0) is 23.2. The maximum absolute atomic E-state index is 12.2. The molecule has 34 heavy (non-hydrogen) atoms. The van der Waals surface area contributed by atoms with Crippen molar-refractivity contribution in [2.45, 2.75) is 12.5 Å². The van der Waals surface area contributed by atoms with Gasteiger partial charge in [0.15, 0.2) is 5.82 Å². The summed E-state index contributed by atoms with van der Waals surface area (Å²) >= 11 is 0. The minimum atomic E-state index is -0.396. The van der Waals surface area contributed by atoms with Crippen LogP contribution in [-0.2, 0) is 9.47 Å². The molecule has 0 radical (unpaired) electrons. The number of morpholine rings is 1. The van der Waals surface area contributed by atoms with Crippen LogP contribution < -0.4 is 20.3 Å². The lowest BCUT2D eigenvalue weighted by molar-refractivity contribution is 0.121. The number of benzene rings is 1. The van der Waals surface area contributed by atoms with Crippen molar-refractivity contribution in [3.05, 3.63) is 43.0 Å². The molecular formula is C22H24N8O4. The first-order chi connectivity index (χ1) is 16.7. The van der Waals surface area contributed by atoms with Gasteiger partial charge < -0.3 is 29.7 Å². The third-order valence-corrected chi connectivity index (χ3v) is 5.28. The smallest absolute Gasteiger partial charge is 0.323 e. The highest BCUT2D eigenvalue weighted by molar-refractivity contribution is 5.99. The molecule has 2 aliphatic heterocycles. The van der Waals surface area contributed by atoms with Crippen LogP contribution >= 0.6 is 0 Å². The first-order valence-electron chi connectivity index (χ1n) is 11.0. The molecule has 1 unspecified atom stereocenters. The van der Waals surface area contributed by atoms with Gasteiger partial charge in [0.25, 0.3) is 0 Å². The first-order valence-corrected chi connectivity index (χ1v) is 11.0. The molecule has 2 N–H and O–H groups in total. The number of hydrogen-bond donors (Lipinski definition) is 2. The predicted molar refractivity (Wildman–Crippen MR) is 123 cm³/mol. The molecule has 3 aromatic rings. The summed E-state index contributed by atoms with van der Waals surface area (Å²) in [5.74, 6) is 1.04. The molecule has 1 aromatic carbocycles. The molecule has 0 spiro atoms. The van der Waals surface area contributed by atoms with Crippen molar-refractivity contribution in [2.24, 2.45) is 0 Å². The Balaban J connectivity index is 1.33. The molecular weight excluding hydrogens is 440 g/mol. The molecule has 2 amide bonds. The van der Waals surface area contributed by atoms with E-state index in [-0.39, 0.29) is 12.1 Å². The molecule has 12 heteroatoms. The molecule has 176 valence electrons. The molecule has 0 saturated carbocycles. The predicted octanol–water partition coefficient (Wildman–Crippen LogP) is 1.98. The summed E-state index contributed by atoms with van der Waals surface area (Å²) in [5, 5.41) is 5.44. The molecule has 2 aromatic heterocycles. The van der Waals surface area contributed by atoms with E-state index in [1.54, 1.807) is 12.1 Å². The Morgan fingerprint density at radius 2 is 1.71 bits per heavy atom. The van der Waals surface area contributed by atoms with Crippen LogP contribution in [0.15, 0.2) is 43.0 Å². The summed E-state index contributed by atoms with van der Waals surface area (Å²) in [7, 11) is 0. The van der Waals surface area contributed by atoms with Gasteiger partial charge in [0.2, 0.25) is 5.95 Å². The van der Waals surface area contributed by atoms with Crippen LogP contribution in [0.2, 0.25) is 0 Å². The monoisotopic (exact) mass is 464 g/mol. The van der Waals surface area contributed by atoms with Crippen molar-refractivity contribution in [3.8, 4) is 17.4 Å². The molecule has 2 aliphatic rings. The number of rotatable bonds is 6. The van der Waals surface area contributed by atoms with E-state index < -0.39 is 6.03 Å². The zero-order valence-electron chi connectivity index (χ0n) is 18.4. The summed E-state index contributed by atoms with van der Waals surface area (Å²) in [5.41, 5.74) is 1.88. The molecule has 1 atom stereocenters. The molecule has 2 saturated heterocycles. The van der Waals surface area contributed by atoms with E-state index >= 15 is 0 Å². The molecule has 0 aliphatic carbocycles. The van der Waals surface area contributed by atoms with Gasteiger partial charge in [-0.3, -0.25) is 0 Å². The molecule has 2 fully saturated rings. The van der Waals surface area contributed by atoms with Gasteiger partial charge in [-0.15, -0.1) is 0 Å². The van der Waals surface area contributed by atoms with Crippen LogP contribution in [0.3, 0.4) is 0 Å². The Labute approximate surface area is 195 Å². The summed E-state index contributed by atoms with van der Waals surface area (Å²) in [6, 6.07) is 7.10. The van der Waals surface area contributed by atoms with Gasteiger partial charge >= 0.3 is 12.0 Å². The van der Waals surface area contributed by atoms with Crippen molar-refractivity contribution in [2.75, 3.05) is 55.1 Å². The average molecular weight is 464 g/mol. The second kappa shape index (κ2) is 10.4. The van der Waals surface area contributed by atoms with Gasteiger partial charge in [0.1, 0.15) is 12.4 Å². The average Bonchev–Trinajstić information content (AvgIpc) is 3.38. The zero-order valence-corrected chi connectivity index (χ0v) is 18.4. The van der Waals surface area contributed by atoms with Crippen molar-refractivity contribution in [1.29, 1.82) is 0 Å². The Bertz CT molecular complexity index is 1100. The maximum Gasteiger partial charge on any atom is 0.323 e. The minimum Gasteiger partial charge on any atom is -0.457 e. The fraction of sp³-hybridized carbons (Fsp3) is 0.364. The van der Waals surface area contributed by atoms with Gasteiger partial charge in [-0.2, -0.15) is 15.0 Å². The normalized spacial score (nSPS) is 17.9. The first kappa shape index (κ1) is 21.9. The van der Waals surface area contributed by atoms with E-state index in [1.165, 1.54) is 18.7 Å². The van der Waals surface area contributed by atoms with Gasteiger partial charge in [-0.25, -0.2) is 14.8 Å². The number of ether oxygens (including phenoxy) is 3. The van der Waals surface area contributed by atoms with Crippen LogP contribution in [0.25, 0.3) is 11.4 Å². The largest absolute Gasteiger partial charge is 0.457 e. The third kappa shape index (κ3) is 5.53. The molecule has 5 rings (SSSR count). The fourth-order valence-corrected chi connectivity index (χ4v) is 3.55. The van der Waals surface area contributed by atoms with Crippen molar-refractivity contribution in [1.82, 2.24) is 24.9 Å². The fourth-order valence-electron chi connectivity index (χ4n) is 3.55. The Hall–Kier alpha value is -3.90. The van der Waals surface area contributed by atoms with E-state index in [1.807, 2.05) is 12.1 Å². The number of amides is 2. The lowest BCUT2D eigenvalue weighted by Gasteiger charge is -2.27. The third-order valence-electron chi connectivity index (χ3n) is 5.28. The van der Waals surface area contributed by atoms with E-state index in [0.29, 0.717) is 62.7 Å². The summed E-state index contributed by atoms with van der Waals surface area (Å²) in [6.45, 7) is 3.81. The lowest BCUT2D eigenvalue weighted by atomic mass is 10.2. The number of urea groups is 1. The van der Waals surface area contributed by atoms with Crippen molar-refractivity contribution >= 4 is 23.4 Å². The number of nitrogens with zero attached hydrogens (tertiary/aromatic N) is 6. The highest BCUT2D eigenvalue weighted by atomic mass is 16.6. The van der Waals surface area contributed by atoms with Crippen LogP contribution in [0.4, 0.5) is 22.1 Å². The Morgan fingerprint density at radius 3 is 2.44 bits per heavy atom. The van der Waals surface area contributed by atoms with Crippen molar-refractivity contribution < 1.29 is 19.0 Å². The van der Waals surface area contributed by atoms with Gasteiger partial charge in [0.05, 0.1) is 44.5 Å². The van der Waals surface area contributed by atoms with Crippen LogP contribution in [-0.4, -0.2) is 76.6 Å². The highest BCUT2D eigenvalue weighted by Crippen LogP contribution is 2.24. The number of carbonyl (C=O) groups excluding carboxylic acids is 1. The topological polar surface area (TPSA) is 137 Å². The van der Waals surface area contributed by atoms with Crippen LogP contribution in [0, 0.1) is 0 Å². The second-order valence-corrected chi connectivity index (χ2v) is 7.73. The van der Waals surface area contributed by atoms with Crippen LogP contribution in [0.1, 0.15) is 6.42 Å². The number of hydrogen-bond acceptors (Lipinski definition) is 10.